The van der Waals surface area contributed by atoms with E-state index in [1.807, 2.05) is 46.8 Å². The van der Waals surface area contributed by atoms with Crippen LogP contribution >= 0.6 is 0 Å². The molecule has 0 aliphatic heterocycles. The molecule has 0 aliphatic carbocycles. The molecule has 0 unspecified atom stereocenters. The van der Waals surface area contributed by atoms with Crippen LogP contribution in [0.3, 0.4) is 0 Å². The van der Waals surface area contributed by atoms with Crippen LogP contribution in [0.1, 0.15) is 56.9 Å². The van der Waals surface area contributed by atoms with Crippen molar-refractivity contribution in [1.29, 1.82) is 0 Å². The van der Waals surface area contributed by atoms with Gasteiger partial charge in [-0.2, -0.15) is 0 Å². The first-order valence-electron chi connectivity index (χ1n) is 10.4. The number of benzene rings is 2. The maximum atomic E-state index is 12.5. The Morgan fingerprint density at radius 2 is 1.53 bits per heavy atom. The van der Waals surface area contributed by atoms with Crippen molar-refractivity contribution < 1.29 is 19.4 Å². The Bertz CT molecular complexity index is 841. The van der Waals surface area contributed by atoms with Crippen LogP contribution in [0.5, 0.6) is 11.5 Å². The second-order valence-corrected chi connectivity index (χ2v) is 9.27. The van der Waals surface area contributed by atoms with Gasteiger partial charge >= 0.3 is 5.97 Å². The fraction of sp³-hybridized carbons (Fsp3) is 0.480. The number of phenols is 1. The van der Waals surface area contributed by atoms with Crippen LogP contribution in [0.15, 0.2) is 36.4 Å². The summed E-state index contributed by atoms with van der Waals surface area (Å²) in [6.45, 7) is 14.6. The number of hydrogen-bond acceptors (Lipinski definition) is 5. The highest BCUT2D eigenvalue weighted by Crippen LogP contribution is 2.30. The molecule has 0 heterocycles. The summed E-state index contributed by atoms with van der Waals surface area (Å²) in [5.74, 6) is 0.627. The van der Waals surface area contributed by atoms with Gasteiger partial charge in [0.05, 0.1) is 0 Å². The third kappa shape index (κ3) is 7.06. The molecule has 0 saturated heterocycles. The van der Waals surface area contributed by atoms with E-state index in [2.05, 4.69) is 17.4 Å². The van der Waals surface area contributed by atoms with E-state index >= 15 is 0 Å². The molecule has 0 aromatic heterocycles. The van der Waals surface area contributed by atoms with Crippen molar-refractivity contribution in [3.05, 3.63) is 58.7 Å². The lowest BCUT2D eigenvalue weighted by atomic mass is 10.0. The summed E-state index contributed by atoms with van der Waals surface area (Å²) in [6.07, 6.45) is 0.892. The molecule has 0 atom stereocenters. The fourth-order valence-electron chi connectivity index (χ4n) is 3.13. The third-order valence-electron chi connectivity index (χ3n) is 4.62. The van der Waals surface area contributed by atoms with Crippen molar-refractivity contribution >= 4 is 5.97 Å². The van der Waals surface area contributed by atoms with Gasteiger partial charge in [0, 0.05) is 6.54 Å². The monoisotopic (exact) mass is 413 g/mol. The molecule has 164 valence electrons. The topological polar surface area (TPSA) is 67.8 Å². The van der Waals surface area contributed by atoms with Gasteiger partial charge in [-0.3, -0.25) is 0 Å². The molecule has 2 N–H and O–H groups in total. The van der Waals surface area contributed by atoms with E-state index in [4.69, 9.17) is 9.47 Å². The smallest absolute Gasteiger partial charge is 0.350 e. The summed E-state index contributed by atoms with van der Waals surface area (Å²) in [7, 11) is 0. The standard InChI is InChI=1S/C25H35NO4/c1-17-14-20(16-26-13-12-19-8-10-21(27)11-9-19)15-18(2)22(17)29-25(6,7)23(28)30-24(3,4)5/h8-11,14-15,26-27H,12-13,16H2,1-7H3. The molecular formula is C25H35NO4. The predicted octanol–water partition coefficient (Wildman–Crippen LogP) is 4.84. The van der Waals surface area contributed by atoms with E-state index in [0.717, 1.165) is 42.0 Å². The van der Waals surface area contributed by atoms with Gasteiger partial charge < -0.3 is 19.9 Å². The number of hydrogen-bond donors (Lipinski definition) is 2. The number of nitrogens with one attached hydrogen (secondary N) is 1. The molecule has 0 bridgehead atoms. The number of aromatic hydroxyl groups is 1. The van der Waals surface area contributed by atoms with Crippen LogP contribution in [0.4, 0.5) is 0 Å². The van der Waals surface area contributed by atoms with E-state index in [1.54, 1.807) is 26.0 Å². The molecule has 30 heavy (non-hydrogen) atoms. The Morgan fingerprint density at radius 3 is 2.07 bits per heavy atom. The predicted molar refractivity (Wildman–Crippen MR) is 120 cm³/mol. The van der Waals surface area contributed by atoms with Gasteiger partial charge in [-0.15, -0.1) is 0 Å². The van der Waals surface area contributed by atoms with Crippen LogP contribution in [-0.2, 0) is 22.5 Å². The highest BCUT2D eigenvalue weighted by molar-refractivity contribution is 5.79. The minimum absolute atomic E-state index is 0.287. The quantitative estimate of drug-likeness (QED) is 0.479. The Hall–Kier alpha value is -2.53. The number of carbonyl (C=O) groups excluding carboxylic acids is 1. The summed E-state index contributed by atoms with van der Waals surface area (Å²) in [5.41, 5.74) is 2.69. The highest BCUT2D eigenvalue weighted by atomic mass is 16.6. The summed E-state index contributed by atoms with van der Waals surface area (Å²) in [4.78, 5) is 12.5. The summed E-state index contributed by atoms with van der Waals surface area (Å²) >= 11 is 0. The molecule has 5 nitrogen and oxygen atoms in total. The second-order valence-electron chi connectivity index (χ2n) is 9.27. The van der Waals surface area contributed by atoms with Crippen molar-refractivity contribution in [2.75, 3.05) is 6.54 Å². The Morgan fingerprint density at radius 1 is 0.967 bits per heavy atom. The Kier molecular flexibility index (Phi) is 7.54. The van der Waals surface area contributed by atoms with Gasteiger partial charge in [0.2, 0.25) is 0 Å². The highest BCUT2D eigenvalue weighted by Gasteiger charge is 2.35. The van der Waals surface area contributed by atoms with Crippen LogP contribution in [-0.4, -0.2) is 28.8 Å². The lowest BCUT2D eigenvalue weighted by Gasteiger charge is -2.30. The second kappa shape index (κ2) is 9.52. The average Bonchev–Trinajstić information content (AvgIpc) is 2.62. The van der Waals surface area contributed by atoms with E-state index in [1.165, 1.54) is 5.56 Å². The Balaban J connectivity index is 1.97. The molecule has 0 amide bonds. The number of esters is 1. The SMILES string of the molecule is Cc1cc(CNCCc2ccc(O)cc2)cc(C)c1OC(C)(C)C(=O)OC(C)(C)C. The van der Waals surface area contributed by atoms with Gasteiger partial charge in [-0.1, -0.05) is 24.3 Å². The number of aryl methyl sites for hydroxylation is 2. The largest absolute Gasteiger partial charge is 0.508 e. The van der Waals surface area contributed by atoms with Crippen molar-refractivity contribution in [3.63, 3.8) is 0 Å². The molecule has 0 saturated carbocycles. The van der Waals surface area contributed by atoms with Crippen molar-refractivity contribution in [2.24, 2.45) is 0 Å². The van der Waals surface area contributed by atoms with E-state index in [9.17, 15) is 9.90 Å². The zero-order chi connectivity index (χ0) is 22.5. The third-order valence-corrected chi connectivity index (χ3v) is 4.62. The first-order chi connectivity index (χ1) is 13.9. The first kappa shape index (κ1) is 23.7. The zero-order valence-corrected chi connectivity index (χ0v) is 19.3. The Labute approximate surface area is 180 Å². The van der Waals surface area contributed by atoms with Crippen LogP contribution in [0.2, 0.25) is 0 Å². The molecule has 0 radical (unpaired) electrons. The van der Waals surface area contributed by atoms with Crippen molar-refractivity contribution in [2.45, 2.75) is 72.6 Å². The summed E-state index contributed by atoms with van der Waals surface area (Å²) < 4.78 is 11.6. The lowest BCUT2D eigenvalue weighted by molar-refractivity contribution is -0.171. The van der Waals surface area contributed by atoms with Gasteiger partial charge in [0.1, 0.15) is 17.1 Å². The zero-order valence-electron chi connectivity index (χ0n) is 19.3. The molecule has 2 aromatic rings. The molecule has 0 aliphatic rings. The van der Waals surface area contributed by atoms with E-state index in [-0.39, 0.29) is 11.7 Å². The van der Waals surface area contributed by atoms with E-state index in [0.29, 0.717) is 0 Å². The van der Waals surface area contributed by atoms with Crippen molar-refractivity contribution in [1.82, 2.24) is 5.32 Å². The normalized spacial score (nSPS) is 12.0. The number of phenolic OH excluding ortho intramolecular Hbond substituents is 1. The maximum Gasteiger partial charge on any atom is 0.350 e. The van der Waals surface area contributed by atoms with Crippen LogP contribution in [0, 0.1) is 13.8 Å². The molecule has 2 aromatic carbocycles. The molecule has 0 fully saturated rings. The van der Waals surface area contributed by atoms with Gasteiger partial charge in [-0.25, -0.2) is 4.79 Å². The molecular weight excluding hydrogens is 378 g/mol. The number of carbonyl (C=O) groups is 1. The van der Waals surface area contributed by atoms with Gasteiger partial charge in [0.15, 0.2) is 5.60 Å². The maximum absolute atomic E-state index is 12.5. The summed E-state index contributed by atoms with van der Waals surface area (Å²) in [5, 5.41) is 12.8. The van der Waals surface area contributed by atoms with Gasteiger partial charge in [0.25, 0.3) is 0 Å². The number of ether oxygens (including phenoxy) is 2. The van der Waals surface area contributed by atoms with Gasteiger partial charge in [-0.05, 0) is 95.8 Å². The van der Waals surface area contributed by atoms with Crippen LogP contribution in [0.25, 0.3) is 0 Å². The van der Waals surface area contributed by atoms with Crippen molar-refractivity contribution in [3.8, 4) is 11.5 Å². The fourth-order valence-corrected chi connectivity index (χ4v) is 3.13. The van der Waals surface area contributed by atoms with E-state index < -0.39 is 11.2 Å². The molecule has 0 spiro atoms. The first-order valence-corrected chi connectivity index (χ1v) is 10.4. The number of rotatable bonds is 8. The minimum Gasteiger partial charge on any atom is -0.508 e. The molecule has 2 rings (SSSR count). The minimum atomic E-state index is -1.08. The lowest BCUT2D eigenvalue weighted by Crippen LogP contribution is -2.43. The summed E-state index contributed by atoms with van der Waals surface area (Å²) in [6, 6.07) is 11.5. The molecule has 5 heteroatoms. The average molecular weight is 414 g/mol. The van der Waals surface area contributed by atoms with Crippen LogP contribution < -0.4 is 10.1 Å².